The molecule has 140 valence electrons. The maximum absolute atomic E-state index is 13.3. The fraction of sp³-hybridized carbons (Fsp3) is 0.200. The molecule has 27 heavy (non-hydrogen) atoms. The molecular formula is C20H17ClF2N2O2. The fourth-order valence-corrected chi connectivity index (χ4v) is 3.02. The van der Waals surface area contributed by atoms with Gasteiger partial charge in [-0.3, -0.25) is 9.59 Å². The lowest BCUT2D eigenvalue weighted by atomic mass is 10.1. The number of carbonyl (C=O) groups excluding carboxylic acids is 2. The number of amides is 2. The summed E-state index contributed by atoms with van der Waals surface area (Å²) in [4.78, 5) is 27.8. The number of hydrogen-bond acceptors (Lipinski definition) is 2. The molecular weight excluding hydrogens is 374 g/mol. The second-order valence-electron chi connectivity index (χ2n) is 6.13. The molecule has 0 spiro atoms. The van der Waals surface area contributed by atoms with Crippen LogP contribution < -0.4 is 0 Å². The average Bonchev–Trinajstić information content (AvgIpc) is 2.68. The minimum atomic E-state index is -1.05. The third-order valence-electron chi connectivity index (χ3n) is 4.31. The molecule has 1 heterocycles. The predicted octanol–water partition coefficient (Wildman–Crippen LogP) is 3.62. The van der Waals surface area contributed by atoms with E-state index in [0.29, 0.717) is 31.2 Å². The summed E-state index contributed by atoms with van der Waals surface area (Å²) in [6, 6.07) is 10.2. The number of nitrogens with zero attached hydrogens (tertiary/aromatic N) is 2. The number of carbonyl (C=O) groups is 2. The summed E-state index contributed by atoms with van der Waals surface area (Å²) < 4.78 is 26.3. The van der Waals surface area contributed by atoms with Gasteiger partial charge in [-0.15, -0.1) is 0 Å². The molecule has 0 unspecified atom stereocenters. The van der Waals surface area contributed by atoms with Gasteiger partial charge in [-0.05, 0) is 42.0 Å². The van der Waals surface area contributed by atoms with Gasteiger partial charge in [0.2, 0.25) is 5.91 Å². The zero-order valence-electron chi connectivity index (χ0n) is 14.4. The van der Waals surface area contributed by atoms with E-state index >= 15 is 0 Å². The van der Waals surface area contributed by atoms with Crippen molar-refractivity contribution in [2.24, 2.45) is 0 Å². The van der Waals surface area contributed by atoms with Crippen molar-refractivity contribution in [2.75, 3.05) is 26.2 Å². The van der Waals surface area contributed by atoms with Gasteiger partial charge in [-0.25, -0.2) is 8.78 Å². The maximum atomic E-state index is 13.3. The highest BCUT2D eigenvalue weighted by atomic mass is 35.5. The van der Waals surface area contributed by atoms with Crippen LogP contribution >= 0.6 is 11.6 Å². The van der Waals surface area contributed by atoms with E-state index in [4.69, 9.17) is 11.6 Å². The molecule has 0 N–H and O–H groups in total. The van der Waals surface area contributed by atoms with Crippen LogP contribution in [-0.4, -0.2) is 47.8 Å². The molecule has 1 aliphatic rings. The van der Waals surface area contributed by atoms with Crippen LogP contribution in [0.2, 0.25) is 5.02 Å². The van der Waals surface area contributed by atoms with Crippen LogP contribution in [-0.2, 0) is 4.79 Å². The number of benzene rings is 2. The molecule has 0 bridgehead atoms. The normalized spacial score (nSPS) is 14.6. The fourth-order valence-electron chi connectivity index (χ4n) is 2.82. The quantitative estimate of drug-likeness (QED) is 0.751. The smallest absolute Gasteiger partial charge is 0.254 e. The monoisotopic (exact) mass is 390 g/mol. The molecule has 2 amide bonds. The molecule has 1 aliphatic heterocycles. The molecule has 0 radical (unpaired) electrons. The topological polar surface area (TPSA) is 40.6 Å². The van der Waals surface area contributed by atoms with Gasteiger partial charge >= 0.3 is 0 Å². The van der Waals surface area contributed by atoms with E-state index in [0.717, 1.165) is 17.7 Å². The molecule has 3 rings (SSSR count). The highest BCUT2D eigenvalue weighted by Gasteiger charge is 2.24. The Bertz CT molecular complexity index is 893. The standard InChI is InChI=1S/C20H17ClF2N2O2/c21-16-3-1-2-14(12-16)4-7-19(26)24-8-10-25(11-9-24)20(27)15-5-6-17(22)18(23)13-15/h1-7,12-13H,8-11H2/b7-4+. The van der Waals surface area contributed by atoms with Crippen molar-refractivity contribution in [1.82, 2.24) is 9.80 Å². The molecule has 7 heteroatoms. The first-order valence-electron chi connectivity index (χ1n) is 8.41. The van der Waals surface area contributed by atoms with Crippen LogP contribution in [0.3, 0.4) is 0 Å². The van der Waals surface area contributed by atoms with Crippen LogP contribution in [0, 0.1) is 11.6 Å². The summed E-state index contributed by atoms with van der Waals surface area (Å²) in [5, 5.41) is 0.592. The average molecular weight is 391 g/mol. The second kappa shape index (κ2) is 8.31. The van der Waals surface area contributed by atoms with Crippen molar-refractivity contribution in [3.05, 3.63) is 76.3 Å². The van der Waals surface area contributed by atoms with Crippen molar-refractivity contribution >= 4 is 29.5 Å². The Morgan fingerprint density at radius 2 is 1.63 bits per heavy atom. The highest BCUT2D eigenvalue weighted by molar-refractivity contribution is 6.30. The predicted molar refractivity (Wildman–Crippen MR) is 99.3 cm³/mol. The van der Waals surface area contributed by atoms with Gasteiger partial charge in [0, 0.05) is 42.8 Å². The molecule has 1 fully saturated rings. The summed E-state index contributed by atoms with van der Waals surface area (Å²) in [6.07, 6.45) is 3.16. The molecule has 0 aliphatic carbocycles. The van der Waals surface area contributed by atoms with Crippen LogP contribution in [0.4, 0.5) is 8.78 Å². The second-order valence-corrected chi connectivity index (χ2v) is 6.57. The van der Waals surface area contributed by atoms with Crippen LogP contribution in [0.15, 0.2) is 48.5 Å². The van der Waals surface area contributed by atoms with E-state index in [9.17, 15) is 18.4 Å². The lowest BCUT2D eigenvalue weighted by Crippen LogP contribution is -2.50. The number of piperazine rings is 1. The van der Waals surface area contributed by atoms with Gasteiger partial charge in [0.15, 0.2) is 11.6 Å². The Hall–Kier alpha value is -2.73. The van der Waals surface area contributed by atoms with E-state index in [1.54, 1.807) is 29.2 Å². The van der Waals surface area contributed by atoms with Gasteiger partial charge in [-0.1, -0.05) is 23.7 Å². The zero-order chi connectivity index (χ0) is 19.4. The van der Waals surface area contributed by atoms with Gasteiger partial charge in [0.1, 0.15) is 0 Å². The van der Waals surface area contributed by atoms with Crippen molar-refractivity contribution in [3.8, 4) is 0 Å². The number of rotatable bonds is 3. The summed E-state index contributed by atoms with van der Waals surface area (Å²) >= 11 is 5.91. The lowest BCUT2D eigenvalue weighted by Gasteiger charge is -2.34. The highest BCUT2D eigenvalue weighted by Crippen LogP contribution is 2.14. The van der Waals surface area contributed by atoms with Crippen LogP contribution in [0.5, 0.6) is 0 Å². The van der Waals surface area contributed by atoms with Gasteiger partial charge in [-0.2, -0.15) is 0 Å². The van der Waals surface area contributed by atoms with E-state index < -0.39 is 11.6 Å². The SMILES string of the molecule is O=C(/C=C/c1cccc(Cl)c1)N1CCN(C(=O)c2ccc(F)c(F)c2)CC1. The van der Waals surface area contributed by atoms with Crippen LogP contribution in [0.1, 0.15) is 15.9 Å². The Balaban J connectivity index is 1.57. The first kappa shape index (κ1) is 19.0. The lowest BCUT2D eigenvalue weighted by molar-refractivity contribution is -0.127. The summed E-state index contributed by atoms with van der Waals surface area (Å²) in [6.45, 7) is 1.39. The van der Waals surface area contributed by atoms with E-state index in [1.165, 1.54) is 17.0 Å². The summed E-state index contributed by atoms with van der Waals surface area (Å²) in [7, 11) is 0. The van der Waals surface area contributed by atoms with E-state index in [-0.39, 0.29) is 17.4 Å². The summed E-state index contributed by atoms with van der Waals surface area (Å²) in [5.74, 6) is -2.58. The minimum Gasteiger partial charge on any atom is -0.336 e. The zero-order valence-corrected chi connectivity index (χ0v) is 15.1. The van der Waals surface area contributed by atoms with Gasteiger partial charge < -0.3 is 9.80 Å². The van der Waals surface area contributed by atoms with E-state index in [1.807, 2.05) is 6.07 Å². The Morgan fingerprint density at radius 1 is 0.926 bits per heavy atom. The minimum absolute atomic E-state index is 0.0922. The van der Waals surface area contributed by atoms with Gasteiger partial charge in [0.05, 0.1) is 0 Å². The third kappa shape index (κ3) is 4.71. The Kier molecular flexibility index (Phi) is 5.86. The van der Waals surface area contributed by atoms with Crippen LogP contribution in [0.25, 0.3) is 6.08 Å². The van der Waals surface area contributed by atoms with Crippen molar-refractivity contribution in [3.63, 3.8) is 0 Å². The molecule has 0 aromatic heterocycles. The molecule has 4 nitrogen and oxygen atoms in total. The Morgan fingerprint density at radius 3 is 2.30 bits per heavy atom. The largest absolute Gasteiger partial charge is 0.336 e. The van der Waals surface area contributed by atoms with Gasteiger partial charge in [0.25, 0.3) is 5.91 Å². The number of halogens is 3. The third-order valence-corrected chi connectivity index (χ3v) is 4.55. The molecule has 1 saturated heterocycles. The first-order chi connectivity index (χ1) is 12.9. The van der Waals surface area contributed by atoms with Crippen molar-refractivity contribution in [1.29, 1.82) is 0 Å². The molecule has 2 aromatic carbocycles. The summed E-state index contributed by atoms with van der Waals surface area (Å²) in [5.41, 5.74) is 0.914. The molecule has 2 aromatic rings. The molecule has 0 saturated carbocycles. The first-order valence-corrected chi connectivity index (χ1v) is 8.79. The maximum Gasteiger partial charge on any atom is 0.254 e. The van der Waals surface area contributed by atoms with E-state index in [2.05, 4.69) is 0 Å². The van der Waals surface area contributed by atoms with Crippen molar-refractivity contribution in [2.45, 2.75) is 0 Å². The Labute approximate surface area is 160 Å². The number of hydrogen-bond donors (Lipinski definition) is 0. The van der Waals surface area contributed by atoms with Crippen molar-refractivity contribution < 1.29 is 18.4 Å². The molecule has 0 atom stereocenters.